The summed E-state index contributed by atoms with van der Waals surface area (Å²) in [6.45, 7) is 6.80. The molecule has 0 bridgehead atoms. The maximum Gasteiger partial charge on any atom is 0.324 e. The summed E-state index contributed by atoms with van der Waals surface area (Å²) < 4.78 is 29.5. The maximum absolute atomic E-state index is 11.4. The quantitative estimate of drug-likeness (QED) is 0.530. The SMILES string of the molecule is C=CCS(=O)(=O)NC(C(=O)OC)C(C)C. The van der Waals surface area contributed by atoms with E-state index in [-0.39, 0.29) is 11.7 Å². The van der Waals surface area contributed by atoms with Crippen LogP contribution in [-0.4, -0.2) is 33.3 Å². The van der Waals surface area contributed by atoms with Gasteiger partial charge in [-0.2, -0.15) is 0 Å². The maximum atomic E-state index is 11.4. The lowest BCUT2D eigenvalue weighted by molar-refractivity contribution is -0.143. The summed E-state index contributed by atoms with van der Waals surface area (Å²) in [4.78, 5) is 11.3. The number of sulfonamides is 1. The largest absolute Gasteiger partial charge is 0.468 e. The van der Waals surface area contributed by atoms with Crippen molar-refractivity contribution >= 4 is 16.0 Å². The lowest BCUT2D eigenvalue weighted by Crippen LogP contribution is -2.45. The molecule has 0 radical (unpaired) electrons. The van der Waals surface area contributed by atoms with Gasteiger partial charge in [-0.05, 0) is 5.92 Å². The van der Waals surface area contributed by atoms with Crippen LogP contribution >= 0.6 is 0 Å². The van der Waals surface area contributed by atoms with Crippen molar-refractivity contribution in [3.05, 3.63) is 12.7 Å². The third-order valence-electron chi connectivity index (χ3n) is 1.77. The standard InChI is InChI=1S/C9H17NO4S/c1-5-6-15(12,13)10-8(7(2)3)9(11)14-4/h5,7-8,10H,1,6H2,2-4H3. The van der Waals surface area contributed by atoms with Gasteiger partial charge in [0.15, 0.2) is 0 Å². The summed E-state index contributed by atoms with van der Waals surface area (Å²) in [7, 11) is -2.28. The van der Waals surface area contributed by atoms with E-state index < -0.39 is 22.0 Å². The van der Waals surface area contributed by atoms with Gasteiger partial charge < -0.3 is 4.74 Å². The number of hydrogen-bond donors (Lipinski definition) is 1. The van der Waals surface area contributed by atoms with Gasteiger partial charge in [0.2, 0.25) is 10.0 Å². The van der Waals surface area contributed by atoms with E-state index in [0.717, 1.165) is 0 Å². The highest BCUT2D eigenvalue weighted by atomic mass is 32.2. The minimum absolute atomic E-state index is 0.169. The van der Waals surface area contributed by atoms with Crippen molar-refractivity contribution < 1.29 is 17.9 Å². The second kappa shape index (κ2) is 5.87. The van der Waals surface area contributed by atoms with Crippen LogP contribution in [0.3, 0.4) is 0 Å². The Morgan fingerprint density at radius 3 is 2.40 bits per heavy atom. The van der Waals surface area contributed by atoms with Gasteiger partial charge in [-0.25, -0.2) is 13.1 Å². The third-order valence-corrected chi connectivity index (χ3v) is 3.05. The number of carbonyl (C=O) groups is 1. The highest BCUT2D eigenvalue weighted by Crippen LogP contribution is 2.05. The van der Waals surface area contributed by atoms with Crippen molar-refractivity contribution in [1.29, 1.82) is 0 Å². The van der Waals surface area contributed by atoms with Gasteiger partial charge in [-0.15, -0.1) is 6.58 Å². The number of nitrogens with one attached hydrogen (secondary N) is 1. The molecule has 0 aliphatic heterocycles. The monoisotopic (exact) mass is 235 g/mol. The molecule has 1 atom stereocenters. The lowest BCUT2D eigenvalue weighted by atomic mass is 10.1. The first kappa shape index (κ1) is 14.1. The molecule has 0 saturated heterocycles. The third kappa shape index (κ3) is 4.94. The van der Waals surface area contributed by atoms with E-state index in [1.165, 1.54) is 13.2 Å². The summed E-state index contributed by atoms with van der Waals surface area (Å²) in [5, 5.41) is 0. The zero-order valence-electron chi connectivity index (χ0n) is 9.19. The average Bonchev–Trinajstić information content (AvgIpc) is 2.12. The second-order valence-electron chi connectivity index (χ2n) is 3.43. The molecule has 0 aromatic rings. The zero-order chi connectivity index (χ0) is 12.1. The number of esters is 1. The number of methoxy groups -OCH3 is 1. The summed E-state index contributed by atoms with van der Waals surface area (Å²) >= 11 is 0. The van der Waals surface area contributed by atoms with E-state index in [1.54, 1.807) is 13.8 Å². The summed E-state index contributed by atoms with van der Waals surface area (Å²) in [5.41, 5.74) is 0. The Kier molecular flexibility index (Phi) is 5.53. The molecule has 0 aromatic heterocycles. The molecule has 5 nitrogen and oxygen atoms in total. The van der Waals surface area contributed by atoms with Crippen molar-refractivity contribution in [2.24, 2.45) is 5.92 Å². The van der Waals surface area contributed by atoms with Crippen LogP contribution in [0.15, 0.2) is 12.7 Å². The number of rotatable bonds is 6. The Morgan fingerprint density at radius 1 is 1.53 bits per heavy atom. The van der Waals surface area contributed by atoms with Gasteiger partial charge in [0, 0.05) is 0 Å². The topological polar surface area (TPSA) is 72.5 Å². The molecule has 0 aromatic carbocycles. The molecule has 0 rings (SSSR count). The fourth-order valence-corrected chi connectivity index (χ4v) is 2.14. The molecule has 15 heavy (non-hydrogen) atoms. The van der Waals surface area contributed by atoms with Gasteiger partial charge >= 0.3 is 5.97 Å². The highest BCUT2D eigenvalue weighted by molar-refractivity contribution is 7.89. The van der Waals surface area contributed by atoms with Gasteiger partial charge in [-0.1, -0.05) is 19.9 Å². The first-order valence-corrected chi connectivity index (χ1v) is 6.18. The van der Waals surface area contributed by atoms with E-state index >= 15 is 0 Å². The Labute approximate surface area is 90.6 Å². The summed E-state index contributed by atoms with van der Waals surface area (Å²) in [5.74, 6) is -0.970. The summed E-state index contributed by atoms with van der Waals surface area (Å²) in [6, 6.07) is -0.847. The van der Waals surface area contributed by atoms with Crippen molar-refractivity contribution in [2.45, 2.75) is 19.9 Å². The smallest absolute Gasteiger partial charge is 0.324 e. The normalized spacial score (nSPS) is 13.6. The molecule has 1 unspecified atom stereocenters. The Bertz CT molecular complexity index is 321. The molecule has 0 spiro atoms. The first-order valence-electron chi connectivity index (χ1n) is 4.52. The number of hydrogen-bond acceptors (Lipinski definition) is 4. The molecular weight excluding hydrogens is 218 g/mol. The lowest BCUT2D eigenvalue weighted by Gasteiger charge is -2.19. The first-order chi connectivity index (χ1) is 6.84. The molecule has 0 amide bonds. The minimum Gasteiger partial charge on any atom is -0.468 e. The molecule has 0 heterocycles. The fourth-order valence-electron chi connectivity index (χ4n) is 0.980. The van der Waals surface area contributed by atoms with Crippen LogP contribution in [0.4, 0.5) is 0 Å². The average molecular weight is 235 g/mol. The van der Waals surface area contributed by atoms with Crippen molar-refractivity contribution in [2.75, 3.05) is 12.9 Å². The van der Waals surface area contributed by atoms with Gasteiger partial charge in [0.05, 0.1) is 12.9 Å². The van der Waals surface area contributed by atoms with Gasteiger partial charge in [-0.3, -0.25) is 4.79 Å². The van der Waals surface area contributed by atoms with Crippen LogP contribution < -0.4 is 4.72 Å². The van der Waals surface area contributed by atoms with E-state index in [0.29, 0.717) is 0 Å². The molecule has 88 valence electrons. The molecule has 1 N–H and O–H groups in total. The van der Waals surface area contributed by atoms with E-state index in [2.05, 4.69) is 16.0 Å². The molecular formula is C9H17NO4S. The molecule has 0 saturated carbocycles. The highest BCUT2D eigenvalue weighted by Gasteiger charge is 2.27. The molecule has 0 aliphatic rings. The number of ether oxygens (including phenoxy) is 1. The van der Waals surface area contributed by atoms with Crippen LogP contribution in [0, 0.1) is 5.92 Å². The Morgan fingerprint density at radius 2 is 2.07 bits per heavy atom. The zero-order valence-corrected chi connectivity index (χ0v) is 10.0. The molecule has 0 fully saturated rings. The Balaban J connectivity index is 4.69. The minimum atomic E-state index is -3.50. The fraction of sp³-hybridized carbons (Fsp3) is 0.667. The van der Waals surface area contributed by atoms with E-state index in [1.807, 2.05) is 0 Å². The number of carbonyl (C=O) groups excluding carboxylic acids is 1. The van der Waals surface area contributed by atoms with Crippen LogP contribution in [0.5, 0.6) is 0 Å². The van der Waals surface area contributed by atoms with Gasteiger partial charge in [0.1, 0.15) is 6.04 Å². The second-order valence-corrected chi connectivity index (χ2v) is 5.23. The summed E-state index contributed by atoms with van der Waals surface area (Å²) in [6.07, 6.45) is 1.26. The van der Waals surface area contributed by atoms with E-state index in [9.17, 15) is 13.2 Å². The predicted molar refractivity (Wildman–Crippen MR) is 57.8 cm³/mol. The van der Waals surface area contributed by atoms with Crippen molar-refractivity contribution in [3.8, 4) is 0 Å². The van der Waals surface area contributed by atoms with Crippen molar-refractivity contribution in [3.63, 3.8) is 0 Å². The Hall–Kier alpha value is -0.880. The van der Waals surface area contributed by atoms with Crippen molar-refractivity contribution in [1.82, 2.24) is 4.72 Å². The van der Waals surface area contributed by atoms with Crippen LogP contribution in [0.1, 0.15) is 13.8 Å². The molecule has 0 aliphatic carbocycles. The van der Waals surface area contributed by atoms with Crippen LogP contribution in [0.25, 0.3) is 0 Å². The van der Waals surface area contributed by atoms with Gasteiger partial charge in [0.25, 0.3) is 0 Å². The van der Waals surface area contributed by atoms with E-state index in [4.69, 9.17) is 0 Å². The predicted octanol–water partition coefficient (Wildman–Crippen LogP) is 0.289. The molecule has 6 heteroatoms. The van der Waals surface area contributed by atoms with Crippen LogP contribution in [0.2, 0.25) is 0 Å². The van der Waals surface area contributed by atoms with Crippen LogP contribution in [-0.2, 0) is 19.6 Å².